The van der Waals surface area contributed by atoms with E-state index in [1.54, 1.807) is 43.3 Å². The molecule has 0 saturated carbocycles. The smallest absolute Gasteiger partial charge is 0.331 e. The third-order valence-corrected chi connectivity index (χ3v) is 2.64. The third-order valence-electron chi connectivity index (χ3n) is 2.64. The molecule has 1 aromatic carbocycles. The molecule has 0 fully saturated rings. The molecular weight excluding hydrogens is 284 g/mol. The quantitative estimate of drug-likeness (QED) is 0.622. The van der Waals surface area contributed by atoms with Crippen molar-refractivity contribution in [3.8, 4) is 0 Å². The number of amides is 3. The van der Waals surface area contributed by atoms with E-state index in [-0.39, 0.29) is 0 Å². The summed E-state index contributed by atoms with van der Waals surface area (Å²) in [5.74, 6) is -1.34. The minimum absolute atomic E-state index is 0.383. The number of urea groups is 1. The summed E-state index contributed by atoms with van der Waals surface area (Å²) < 4.78 is 5.16. The Morgan fingerprint density at radius 2 is 1.86 bits per heavy atom. The van der Waals surface area contributed by atoms with Crippen molar-refractivity contribution in [3.63, 3.8) is 0 Å². The average Bonchev–Trinajstić information content (AvgIpc) is 2.51. The number of ether oxygens (including phenoxy) is 1. The first-order chi connectivity index (χ1) is 10.6. The third kappa shape index (κ3) is 5.78. The van der Waals surface area contributed by atoms with Crippen molar-refractivity contribution >= 4 is 17.9 Å². The second kappa shape index (κ2) is 9.33. The maximum atomic E-state index is 12.2. The van der Waals surface area contributed by atoms with Crippen molar-refractivity contribution in [3.05, 3.63) is 48.0 Å². The summed E-state index contributed by atoms with van der Waals surface area (Å²) in [4.78, 5) is 35.3. The number of rotatable bonds is 6. The summed E-state index contributed by atoms with van der Waals surface area (Å²) >= 11 is 0. The molecule has 22 heavy (non-hydrogen) atoms. The van der Waals surface area contributed by atoms with E-state index < -0.39 is 24.0 Å². The van der Waals surface area contributed by atoms with Gasteiger partial charge in [-0.1, -0.05) is 43.3 Å². The zero-order valence-corrected chi connectivity index (χ0v) is 12.7. The first-order valence-corrected chi connectivity index (χ1v) is 7.09. The molecule has 0 spiro atoms. The van der Waals surface area contributed by atoms with Crippen molar-refractivity contribution < 1.29 is 19.1 Å². The molecule has 1 atom stereocenters. The number of benzene rings is 1. The standard InChI is InChI=1S/C16H20N2O4/c1-3-5-11-13(19)22-14(12-9-7-6-8-10-12)15(20)18-16(21)17-4-2/h5-11,14H,3-4H2,1-2H3,(H2,17,18,20,21)/b11-5+/t14-/m1/s1. The van der Waals surface area contributed by atoms with Gasteiger partial charge in [0.1, 0.15) is 0 Å². The fourth-order valence-corrected chi connectivity index (χ4v) is 1.65. The number of esters is 1. The van der Waals surface area contributed by atoms with Crippen molar-refractivity contribution in [1.82, 2.24) is 10.6 Å². The van der Waals surface area contributed by atoms with Gasteiger partial charge in [-0.25, -0.2) is 9.59 Å². The van der Waals surface area contributed by atoms with Gasteiger partial charge >= 0.3 is 12.0 Å². The number of allylic oxidation sites excluding steroid dienone is 1. The Labute approximate surface area is 129 Å². The summed E-state index contributed by atoms with van der Waals surface area (Å²) in [5.41, 5.74) is 0.488. The molecule has 0 heterocycles. The summed E-state index contributed by atoms with van der Waals surface area (Å²) in [7, 11) is 0. The molecule has 0 aliphatic rings. The van der Waals surface area contributed by atoms with E-state index in [1.807, 2.05) is 6.92 Å². The van der Waals surface area contributed by atoms with E-state index in [9.17, 15) is 14.4 Å². The zero-order chi connectivity index (χ0) is 16.4. The van der Waals surface area contributed by atoms with Gasteiger partial charge in [0, 0.05) is 18.2 Å². The first-order valence-electron chi connectivity index (χ1n) is 7.09. The molecule has 118 valence electrons. The lowest BCUT2D eigenvalue weighted by Crippen LogP contribution is -2.42. The Hall–Kier alpha value is -2.63. The van der Waals surface area contributed by atoms with Crippen molar-refractivity contribution in [2.75, 3.05) is 6.54 Å². The number of nitrogens with one attached hydrogen (secondary N) is 2. The zero-order valence-electron chi connectivity index (χ0n) is 12.7. The molecule has 2 N–H and O–H groups in total. The van der Waals surface area contributed by atoms with Gasteiger partial charge in [-0.15, -0.1) is 0 Å². The molecule has 1 rings (SSSR count). The minimum Gasteiger partial charge on any atom is -0.444 e. The van der Waals surface area contributed by atoms with Crippen LogP contribution in [-0.4, -0.2) is 24.5 Å². The Kier molecular flexibility index (Phi) is 7.39. The molecule has 0 aliphatic heterocycles. The molecule has 1 aromatic rings. The summed E-state index contributed by atoms with van der Waals surface area (Å²) in [6, 6.07) is 7.89. The molecule has 6 nitrogen and oxygen atoms in total. The predicted molar refractivity (Wildman–Crippen MR) is 81.9 cm³/mol. The lowest BCUT2D eigenvalue weighted by atomic mass is 10.1. The Morgan fingerprint density at radius 3 is 2.45 bits per heavy atom. The monoisotopic (exact) mass is 304 g/mol. The second-order valence-electron chi connectivity index (χ2n) is 4.39. The van der Waals surface area contributed by atoms with Crippen LogP contribution in [0.1, 0.15) is 31.9 Å². The van der Waals surface area contributed by atoms with Crippen LogP contribution in [0.3, 0.4) is 0 Å². The minimum atomic E-state index is -1.18. The number of hydrogen-bond donors (Lipinski definition) is 2. The Balaban J connectivity index is 2.87. The molecule has 0 unspecified atom stereocenters. The van der Waals surface area contributed by atoms with Crippen LogP contribution in [0.15, 0.2) is 42.5 Å². The van der Waals surface area contributed by atoms with Gasteiger partial charge in [0.25, 0.3) is 5.91 Å². The summed E-state index contributed by atoms with van der Waals surface area (Å²) in [6.07, 6.45) is 2.38. The van der Waals surface area contributed by atoms with Gasteiger partial charge in [0.15, 0.2) is 0 Å². The molecular formula is C16H20N2O4. The second-order valence-corrected chi connectivity index (χ2v) is 4.39. The van der Waals surface area contributed by atoms with Gasteiger partial charge in [-0.05, 0) is 13.3 Å². The topological polar surface area (TPSA) is 84.5 Å². The van der Waals surface area contributed by atoms with Crippen molar-refractivity contribution in [2.24, 2.45) is 0 Å². The highest BCUT2D eigenvalue weighted by molar-refractivity contribution is 5.98. The van der Waals surface area contributed by atoms with Gasteiger partial charge in [0.2, 0.25) is 6.10 Å². The highest BCUT2D eigenvalue weighted by Crippen LogP contribution is 2.18. The van der Waals surface area contributed by atoms with Crippen LogP contribution in [0, 0.1) is 0 Å². The number of carbonyl (C=O) groups is 3. The number of carbonyl (C=O) groups excluding carboxylic acids is 3. The van der Waals surface area contributed by atoms with E-state index in [2.05, 4.69) is 10.6 Å². The first kappa shape index (κ1) is 17.4. The van der Waals surface area contributed by atoms with Crippen LogP contribution in [-0.2, 0) is 14.3 Å². The number of imide groups is 1. The van der Waals surface area contributed by atoms with E-state index in [0.29, 0.717) is 18.5 Å². The van der Waals surface area contributed by atoms with Crippen LogP contribution in [0.5, 0.6) is 0 Å². The lowest BCUT2D eigenvalue weighted by Gasteiger charge is -2.16. The molecule has 0 saturated heterocycles. The van der Waals surface area contributed by atoms with Gasteiger partial charge in [-0.3, -0.25) is 10.1 Å². The Bertz CT molecular complexity index is 540. The number of hydrogen-bond acceptors (Lipinski definition) is 4. The summed E-state index contributed by atoms with van der Waals surface area (Å²) in [5, 5.41) is 4.60. The largest absolute Gasteiger partial charge is 0.444 e. The SMILES string of the molecule is CC/C=C/C(=O)O[C@@H](C(=O)NC(=O)NCC)c1ccccc1. The summed E-state index contributed by atoms with van der Waals surface area (Å²) in [6.45, 7) is 3.99. The van der Waals surface area contributed by atoms with Gasteiger partial charge in [0.05, 0.1) is 0 Å². The Morgan fingerprint density at radius 1 is 1.18 bits per heavy atom. The molecule has 0 aliphatic carbocycles. The van der Waals surface area contributed by atoms with Crippen molar-refractivity contribution in [1.29, 1.82) is 0 Å². The van der Waals surface area contributed by atoms with Crippen molar-refractivity contribution in [2.45, 2.75) is 26.4 Å². The van der Waals surface area contributed by atoms with Gasteiger partial charge < -0.3 is 10.1 Å². The maximum Gasteiger partial charge on any atom is 0.331 e. The molecule has 0 radical (unpaired) electrons. The predicted octanol–water partition coefficient (Wildman–Crippen LogP) is 2.08. The lowest BCUT2D eigenvalue weighted by molar-refractivity contribution is -0.151. The fraction of sp³-hybridized carbons (Fsp3) is 0.312. The molecule has 6 heteroatoms. The molecule has 3 amide bonds. The maximum absolute atomic E-state index is 12.2. The molecule has 0 bridgehead atoms. The van der Waals surface area contributed by atoms with Crippen LogP contribution in [0.2, 0.25) is 0 Å². The van der Waals surface area contributed by atoms with Crippen LogP contribution < -0.4 is 10.6 Å². The normalized spacial score (nSPS) is 11.7. The van der Waals surface area contributed by atoms with E-state index in [4.69, 9.17) is 4.74 Å². The van der Waals surface area contributed by atoms with Crippen LogP contribution in [0.25, 0.3) is 0 Å². The van der Waals surface area contributed by atoms with E-state index >= 15 is 0 Å². The van der Waals surface area contributed by atoms with Gasteiger partial charge in [-0.2, -0.15) is 0 Å². The van der Waals surface area contributed by atoms with Crippen LogP contribution in [0.4, 0.5) is 4.79 Å². The molecule has 0 aromatic heterocycles. The fourth-order valence-electron chi connectivity index (χ4n) is 1.65. The van der Waals surface area contributed by atoms with E-state index in [0.717, 1.165) is 0 Å². The highest BCUT2D eigenvalue weighted by atomic mass is 16.5. The average molecular weight is 304 g/mol. The van der Waals surface area contributed by atoms with E-state index in [1.165, 1.54) is 6.08 Å². The highest BCUT2D eigenvalue weighted by Gasteiger charge is 2.25. The van der Waals surface area contributed by atoms with Crippen LogP contribution >= 0.6 is 0 Å².